The molecule has 2 rings (SSSR count). The highest BCUT2D eigenvalue weighted by Gasteiger charge is 2.19. The quantitative estimate of drug-likeness (QED) is 0.932. The predicted octanol–water partition coefficient (Wildman–Crippen LogP) is 3.37. The fourth-order valence-electron chi connectivity index (χ4n) is 1.55. The van der Waals surface area contributed by atoms with E-state index in [9.17, 15) is 4.39 Å². The maximum Gasteiger partial charge on any atom is 0.420 e. The Balaban J connectivity index is 2.38. The molecular weight excluding hydrogens is 273 g/mol. The van der Waals surface area contributed by atoms with Gasteiger partial charge in [0, 0.05) is 18.5 Å². The zero-order valence-electron chi connectivity index (χ0n) is 10.5. The van der Waals surface area contributed by atoms with Gasteiger partial charge in [-0.3, -0.25) is 0 Å². The summed E-state index contributed by atoms with van der Waals surface area (Å²) in [6.45, 7) is 3.46. The van der Waals surface area contributed by atoms with Crippen LogP contribution in [-0.2, 0) is 0 Å². The highest BCUT2D eigenvalue weighted by Crippen LogP contribution is 2.35. The molecule has 0 saturated heterocycles. The SMILES string of the molecule is CC[C@@H](N)c1ccc(Cl)c(Oc2nnc(C)o2)c1F. The number of benzene rings is 1. The molecule has 1 aromatic heterocycles. The van der Waals surface area contributed by atoms with Crippen LogP contribution in [0.1, 0.15) is 30.8 Å². The van der Waals surface area contributed by atoms with Gasteiger partial charge in [-0.25, -0.2) is 4.39 Å². The third-order valence-corrected chi connectivity index (χ3v) is 2.91. The number of aromatic nitrogens is 2. The first-order chi connectivity index (χ1) is 9.02. The lowest BCUT2D eigenvalue weighted by Gasteiger charge is -2.13. The minimum Gasteiger partial charge on any atom is -0.405 e. The number of rotatable bonds is 4. The summed E-state index contributed by atoms with van der Waals surface area (Å²) < 4.78 is 24.5. The van der Waals surface area contributed by atoms with E-state index >= 15 is 0 Å². The summed E-state index contributed by atoms with van der Waals surface area (Å²) >= 11 is 5.91. The highest BCUT2D eigenvalue weighted by atomic mass is 35.5. The molecule has 0 radical (unpaired) electrons. The van der Waals surface area contributed by atoms with E-state index in [1.165, 1.54) is 12.1 Å². The van der Waals surface area contributed by atoms with Crippen LogP contribution in [0, 0.1) is 12.7 Å². The van der Waals surface area contributed by atoms with E-state index in [2.05, 4.69) is 10.2 Å². The first-order valence-electron chi connectivity index (χ1n) is 5.74. The maximum atomic E-state index is 14.3. The molecule has 0 spiro atoms. The summed E-state index contributed by atoms with van der Waals surface area (Å²) in [6, 6.07) is 2.63. The summed E-state index contributed by atoms with van der Waals surface area (Å²) in [6.07, 6.45) is 0.429. The molecule has 1 heterocycles. The molecule has 0 saturated carbocycles. The Labute approximate surface area is 114 Å². The highest BCUT2D eigenvalue weighted by molar-refractivity contribution is 6.32. The van der Waals surface area contributed by atoms with Crippen LogP contribution < -0.4 is 10.5 Å². The van der Waals surface area contributed by atoms with Crippen LogP contribution in [0.25, 0.3) is 0 Å². The van der Waals surface area contributed by atoms with Gasteiger partial charge >= 0.3 is 6.08 Å². The lowest BCUT2D eigenvalue weighted by molar-refractivity contribution is 0.310. The summed E-state index contributed by atoms with van der Waals surface area (Å²) in [5.41, 5.74) is 6.15. The van der Waals surface area contributed by atoms with Gasteiger partial charge in [-0.05, 0) is 12.5 Å². The Hall–Kier alpha value is -1.66. The van der Waals surface area contributed by atoms with Crippen LogP contribution >= 0.6 is 11.6 Å². The second kappa shape index (κ2) is 5.54. The van der Waals surface area contributed by atoms with Crippen molar-refractivity contribution in [1.82, 2.24) is 10.2 Å². The van der Waals surface area contributed by atoms with Crippen molar-refractivity contribution in [3.8, 4) is 11.8 Å². The normalized spacial score (nSPS) is 12.5. The second-order valence-corrected chi connectivity index (χ2v) is 4.39. The van der Waals surface area contributed by atoms with Crippen molar-refractivity contribution in [1.29, 1.82) is 0 Å². The fourth-order valence-corrected chi connectivity index (χ4v) is 1.74. The van der Waals surface area contributed by atoms with Crippen molar-refractivity contribution in [2.24, 2.45) is 5.73 Å². The minimum absolute atomic E-state index is 0.111. The molecule has 0 bridgehead atoms. The molecule has 1 aromatic carbocycles. The molecule has 1 atom stereocenters. The number of aryl methyl sites for hydroxylation is 1. The summed E-state index contributed by atoms with van der Waals surface area (Å²) in [5.74, 6) is -0.461. The van der Waals surface area contributed by atoms with Crippen LogP contribution in [-0.4, -0.2) is 10.2 Å². The standard InChI is InChI=1S/C12H13ClFN3O2/c1-3-9(15)7-4-5-8(13)11(10(7)14)19-12-17-16-6(2)18-12/h4-5,9H,3,15H2,1-2H3/t9-/m1/s1. The zero-order chi connectivity index (χ0) is 14.0. The molecule has 2 aromatic rings. The van der Waals surface area contributed by atoms with E-state index in [1.54, 1.807) is 6.92 Å². The number of hydrogen-bond acceptors (Lipinski definition) is 5. The topological polar surface area (TPSA) is 74.2 Å². The van der Waals surface area contributed by atoms with Crippen LogP contribution in [0.5, 0.6) is 11.8 Å². The molecule has 0 aliphatic heterocycles. The van der Waals surface area contributed by atoms with E-state index in [1.807, 2.05) is 6.92 Å². The van der Waals surface area contributed by atoms with E-state index in [-0.39, 0.29) is 16.8 Å². The maximum absolute atomic E-state index is 14.3. The van der Waals surface area contributed by atoms with Crippen molar-refractivity contribution in [2.45, 2.75) is 26.3 Å². The number of halogens is 2. The van der Waals surface area contributed by atoms with Gasteiger partial charge in [0.2, 0.25) is 5.89 Å². The molecule has 5 nitrogen and oxygen atoms in total. The van der Waals surface area contributed by atoms with Gasteiger partial charge in [0.1, 0.15) is 0 Å². The van der Waals surface area contributed by atoms with Crippen LogP contribution in [0.4, 0.5) is 4.39 Å². The van der Waals surface area contributed by atoms with Crippen molar-refractivity contribution in [3.05, 3.63) is 34.4 Å². The molecular formula is C12H13ClFN3O2. The van der Waals surface area contributed by atoms with Crippen molar-refractivity contribution >= 4 is 11.6 Å². The smallest absolute Gasteiger partial charge is 0.405 e. The van der Waals surface area contributed by atoms with Crippen molar-refractivity contribution < 1.29 is 13.5 Å². The molecule has 0 amide bonds. The van der Waals surface area contributed by atoms with Gasteiger partial charge in [-0.15, -0.1) is 5.10 Å². The first kappa shape index (κ1) is 13.8. The Morgan fingerprint density at radius 3 is 2.79 bits per heavy atom. The monoisotopic (exact) mass is 285 g/mol. The van der Waals surface area contributed by atoms with Gasteiger partial charge in [-0.2, -0.15) is 0 Å². The third kappa shape index (κ3) is 2.85. The predicted molar refractivity (Wildman–Crippen MR) is 67.7 cm³/mol. The van der Waals surface area contributed by atoms with Gasteiger partial charge in [0.05, 0.1) is 5.02 Å². The molecule has 102 valence electrons. The number of hydrogen-bond donors (Lipinski definition) is 1. The summed E-state index contributed by atoms with van der Waals surface area (Å²) in [7, 11) is 0. The first-order valence-corrected chi connectivity index (χ1v) is 6.12. The number of nitrogens with zero attached hydrogens (tertiary/aromatic N) is 2. The number of ether oxygens (including phenoxy) is 1. The Bertz CT molecular complexity index is 588. The molecule has 0 unspecified atom stereocenters. The molecule has 7 heteroatoms. The van der Waals surface area contributed by atoms with E-state index < -0.39 is 11.9 Å². The lowest BCUT2D eigenvalue weighted by Crippen LogP contribution is -2.11. The molecule has 0 fully saturated rings. The van der Waals surface area contributed by atoms with Gasteiger partial charge in [0.25, 0.3) is 0 Å². The average molecular weight is 286 g/mol. The molecule has 2 N–H and O–H groups in total. The van der Waals surface area contributed by atoms with E-state index in [0.717, 1.165) is 0 Å². The van der Waals surface area contributed by atoms with Crippen LogP contribution in [0.3, 0.4) is 0 Å². The van der Waals surface area contributed by atoms with Gasteiger partial charge < -0.3 is 14.9 Å². The second-order valence-electron chi connectivity index (χ2n) is 3.98. The average Bonchev–Trinajstić information content (AvgIpc) is 2.79. The summed E-state index contributed by atoms with van der Waals surface area (Å²) in [4.78, 5) is 0. The Morgan fingerprint density at radius 1 is 1.47 bits per heavy atom. The fraction of sp³-hybridized carbons (Fsp3) is 0.333. The van der Waals surface area contributed by atoms with Crippen LogP contribution in [0.15, 0.2) is 16.5 Å². The Morgan fingerprint density at radius 2 is 2.21 bits per heavy atom. The van der Waals surface area contributed by atoms with Crippen molar-refractivity contribution in [3.63, 3.8) is 0 Å². The molecule has 0 aliphatic rings. The zero-order valence-corrected chi connectivity index (χ0v) is 11.2. The summed E-state index contributed by atoms with van der Waals surface area (Å²) in [5, 5.41) is 7.32. The van der Waals surface area contributed by atoms with E-state index in [0.29, 0.717) is 17.9 Å². The van der Waals surface area contributed by atoms with E-state index in [4.69, 9.17) is 26.5 Å². The van der Waals surface area contributed by atoms with Gasteiger partial charge in [0.15, 0.2) is 11.6 Å². The largest absolute Gasteiger partial charge is 0.420 e. The van der Waals surface area contributed by atoms with Crippen LogP contribution in [0.2, 0.25) is 5.02 Å². The lowest BCUT2D eigenvalue weighted by atomic mass is 10.0. The number of nitrogens with two attached hydrogens (primary N) is 1. The molecule has 0 aliphatic carbocycles. The minimum atomic E-state index is -0.613. The van der Waals surface area contributed by atoms with Crippen molar-refractivity contribution in [2.75, 3.05) is 0 Å². The molecule has 19 heavy (non-hydrogen) atoms. The Kier molecular flexibility index (Phi) is 4.01. The third-order valence-electron chi connectivity index (χ3n) is 2.62. The van der Waals surface area contributed by atoms with Gasteiger partial charge in [-0.1, -0.05) is 29.7 Å².